The highest BCUT2D eigenvalue weighted by atomic mass is 32.2. The maximum atomic E-state index is 12.7. The van der Waals surface area contributed by atoms with Gasteiger partial charge in [0.2, 0.25) is 9.84 Å². The standard InChI is InChI=1S/C25H29NO3S/c27-24(26-11-10-25-15-18-12-19(16-25)14-20(13-18)17-25)21-6-8-23(9-7-21)30(28,29)22-4-2-1-3-5-22/h1-9,18-20H,10-17H2,(H,26,27). The van der Waals surface area contributed by atoms with Crippen molar-refractivity contribution in [2.24, 2.45) is 23.2 Å². The minimum absolute atomic E-state index is 0.122. The summed E-state index contributed by atoms with van der Waals surface area (Å²) >= 11 is 0. The average molecular weight is 424 g/mol. The minimum Gasteiger partial charge on any atom is -0.352 e. The molecular formula is C25H29NO3S. The van der Waals surface area contributed by atoms with Crippen molar-refractivity contribution in [3.8, 4) is 0 Å². The van der Waals surface area contributed by atoms with Crippen LogP contribution in [0.15, 0.2) is 64.4 Å². The highest BCUT2D eigenvalue weighted by Crippen LogP contribution is 2.61. The van der Waals surface area contributed by atoms with E-state index in [0.717, 1.165) is 24.2 Å². The molecule has 4 bridgehead atoms. The van der Waals surface area contributed by atoms with Crippen molar-refractivity contribution in [3.63, 3.8) is 0 Å². The zero-order valence-electron chi connectivity index (χ0n) is 17.2. The fraction of sp³-hybridized carbons (Fsp3) is 0.480. The van der Waals surface area contributed by atoms with Gasteiger partial charge in [0, 0.05) is 12.1 Å². The molecule has 2 aromatic carbocycles. The molecule has 0 radical (unpaired) electrons. The number of hydrogen-bond acceptors (Lipinski definition) is 3. The van der Waals surface area contributed by atoms with Crippen molar-refractivity contribution in [1.29, 1.82) is 0 Å². The summed E-state index contributed by atoms with van der Waals surface area (Å²) in [7, 11) is -3.56. The van der Waals surface area contributed by atoms with Gasteiger partial charge in [0.15, 0.2) is 0 Å². The molecule has 4 aliphatic rings. The smallest absolute Gasteiger partial charge is 0.251 e. The van der Waals surface area contributed by atoms with Crippen molar-refractivity contribution in [2.75, 3.05) is 6.54 Å². The van der Waals surface area contributed by atoms with Gasteiger partial charge in [-0.15, -0.1) is 0 Å². The van der Waals surface area contributed by atoms with Crippen LogP contribution in [0.3, 0.4) is 0 Å². The lowest BCUT2D eigenvalue weighted by Crippen LogP contribution is -2.47. The Bertz CT molecular complexity index is 993. The lowest BCUT2D eigenvalue weighted by atomic mass is 9.49. The molecule has 2 aromatic rings. The molecule has 0 unspecified atom stereocenters. The molecule has 0 saturated heterocycles. The van der Waals surface area contributed by atoms with Crippen LogP contribution >= 0.6 is 0 Å². The normalized spacial score (nSPS) is 29.7. The van der Waals surface area contributed by atoms with Gasteiger partial charge in [-0.1, -0.05) is 18.2 Å². The molecule has 158 valence electrons. The molecule has 4 fully saturated rings. The summed E-state index contributed by atoms with van der Waals surface area (Å²) in [5, 5.41) is 3.08. The Balaban J connectivity index is 1.20. The van der Waals surface area contributed by atoms with Crippen LogP contribution in [-0.2, 0) is 9.84 Å². The fourth-order valence-corrected chi connectivity index (χ4v) is 7.94. The van der Waals surface area contributed by atoms with Gasteiger partial charge in [0.1, 0.15) is 0 Å². The van der Waals surface area contributed by atoms with Crippen LogP contribution in [0.2, 0.25) is 0 Å². The average Bonchev–Trinajstić information content (AvgIpc) is 2.73. The van der Waals surface area contributed by atoms with Crippen LogP contribution < -0.4 is 5.32 Å². The predicted molar refractivity (Wildman–Crippen MR) is 116 cm³/mol. The van der Waals surface area contributed by atoms with Gasteiger partial charge in [-0.2, -0.15) is 0 Å². The second-order valence-electron chi connectivity index (χ2n) is 9.76. The van der Waals surface area contributed by atoms with Crippen molar-refractivity contribution >= 4 is 15.7 Å². The van der Waals surface area contributed by atoms with E-state index in [-0.39, 0.29) is 15.7 Å². The number of amides is 1. The molecule has 4 aliphatic carbocycles. The SMILES string of the molecule is O=C(NCCC12CC3CC(CC(C3)C1)C2)c1ccc(S(=O)(=O)c2ccccc2)cc1. The summed E-state index contributed by atoms with van der Waals surface area (Å²) in [5.74, 6) is 2.64. The molecule has 1 N–H and O–H groups in total. The molecule has 0 aromatic heterocycles. The molecule has 0 aliphatic heterocycles. The number of rotatable bonds is 6. The molecule has 4 saturated carbocycles. The van der Waals surface area contributed by atoms with E-state index in [1.165, 1.54) is 50.7 Å². The van der Waals surface area contributed by atoms with E-state index in [4.69, 9.17) is 0 Å². The number of carbonyl (C=O) groups excluding carboxylic acids is 1. The van der Waals surface area contributed by atoms with E-state index < -0.39 is 9.84 Å². The second kappa shape index (κ2) is 7.52. The van der Waals surface area contributed by atoms with Crippen molar-refractivity contribution in [1.82, 2.24) is 5.32 Å². The maximum absolute atomic E-state index is 12.7. The van der Waals surface area contributed by atoms with Crippen LogP contribution in [0.4, 0.5) is 0 Å². The van der Waals surface area contributed by atoms with Crippen molar-refractivity contribution < 1.29 is 13.2 Å². The Hall–Kier alpha value is -2.14. The van der Waals surface area contributed by atoms with E-state index in [1.54, 1.807) is 42.5 Å². The van der Waals surface area contributed by atoms with Gasteiger partial charge in [0.05, 0.1) is 9.79 Å². The third-order valence-electron chi connectivity index (χ3n) is 7.59. The van der Waals surface area contributed by atoms with Crippen LogP contribution in [0.5, 0.6) is 0 Å². The number of hydrogen-bond donors (Lipinski definition) is 1. The molecule has 30 heavy (non-hydrogen) atoms. The predicted octanol–water partition coefficient (Wildman–Crippen LogP) is 4.86. The summed E-state index contributed by atoms with van der Waals surface area (Å²) in [5.41, 5.74) is 0.961. The Morgan fingerprint density at radius 3 is 1.93 bits per heavy atom. The second-order valence-corrected chi connectivity index (χ2v) is 11.7. The molecule has 0 spiro atoms. The topological polar surface area (TPSA) is 63.2 Å². The lowest BCUT2D eigenvalue weighted by molar-refractivity contribution is -0.0564. The minimum atomic E-state index is -3.56. The molecule has 1 amide bonds. The number of sulfone groups is 1. The van der Waals surface area contributed by atoms with Gasteiger partial charge in [0.25, 0.3) is 5.91 Å². The molecular weight excluding hydrogens is 394 g/mol. The summed E-state index contributed by atoms with van der Waals surface area (Å²) in [6, 6.07) is 14.6. The monoisotopic (exact) mass is 423 g/mol. The quantitative estimate of drug-likeness (QED) is 0.722. The maximum Gasteiger partial charge on any atom is 0.251 e. The highest BCUT2D eigenvalue weighted by Gasteiger charge is 2.50. The third-order valence-corrected chi connectivity index (χ3v) is 9.37. The van der Waals surface area contributed by atoms with Gasteiger partial charge in [-0.25, -0.2) is 8.42 Å². The first kappa shape index (κ1) is 19.8. The first-order valence-corrected chi connectivity index (χ1v) is 12.6. The van der Waals surface area contributed by atoms with Crippen molar-refractivity contribution in [2.45, 2.75) is 54.7 Å². The molecule has 6 rings (SSSR count). The van der Waals surface area contributed by atoms with Gasteiger partial charge in [-0.05, 0) is 105 Å². The first-order valence-electron chi connectivity index (χ1n) is 11.1. The number of benzene rings is 2. The zero-order chi connectivity index (χ0) is 20.8. The highest BCUT2D eigenvalue weighted by molar-refractivity contribution is 7.91. The van der Waals surface area contributed by atoms with E-state index in [2.05, 4.69) is 5.32 Å². The van der Waals surface area contributed by atoms with Crippen LogP contribution in [0, 0.1) is 23.2 Å². The lowest BCUT2D eigenvalue weighted by Gasteiger charge is -2.57. The van der Waals surface area contributed by atoms with Gasteiger partial charge >= 0.3 is 0 Å². The largest absolute Gasteiger partial charge is 0.352 e. The summed E-state index contributed by atoms with van der Waals surface area (Å²) < 4.78 is 25.4. The van der Waals surface area contributed by atoms with E-state index >= 15 is 0 Å². The van der Waals surface area contributed by atoms with E-state index in [9.17, 15) is 13.2 Å². The Labute approximate surface area is 179 Å². The fourth-order valence-electron chi connectivity index (χ4n) is 6.66. The Morgan fingerprint density at radius 2 is 1.37 bits per heavy atom. The van der Waals surface area contributed by atoms with Crippen LogP contribution in [0.25, 0.3) is 0 Å². The molecule has 4 nitrogen and oxygen atoms in total. The summed E-state index contributed by atoms with van der Waals surface area (Å²) in [6.45, 7) is 0.703. The molecule has 5 heteroatoms. The Morgan fingerprint density at radius 1 is 0.833 bits per heavy atom. The van der Waals surface area contributed by atoms with Crippen LogP contribution in [0.1, 0.15) is 55.3 Å². The van der Waals surface area contributed by atoms with Gasteiger partial charge < -0.3 is 5.32 Å². The Kier molecular flexibility index (Phi) is 4.97. The summed E-state index contributed by atoms with van der Waals surface area (Å²) in [6.07, 6.45) is 9.42. The van der Waals surface area contributed by atoms with E-state index in [1.807, 2.05) is 0 Å². The molecule has 0 atom stereocenters. The van der Waals surface area contributed by atoms with Crippen LogP contribution in [-0.4, -0.2) is 20.9 Å². The third kappa shape index (κ3) is 3.68. The van der Waals surface area contributed by atoms with Crippen molar-refractivity contribution in [3.05, 3.63) is 60.2 Å². The first-order chi connectivity index (χ1) is 14.4. The number of nitrogens with one attached hydrogen (secondary N) is 1. The van der Waals surface area contributed by atoms with E-state index in [0.29, 0.717) is 17.5 Å². The van der Waals surface area contributed by atoms with Gasteiger partial charge in [-0.3, -0.25) is 4.79 Å². The molecule has 0 heterocycles. The number of carbonyl (C=O) groups is 1. The zero-order valence-corrected chi connectivity index (χ0v) is 18.0. The summed E-state index contributed by atoms with van der Waals surface area (Å²) in [4.78, 5) is 13.1.